The maximum absolute atomic E-state index is 11.2. The van der Waals surface area contributed by atoms with Crippen LogP contribution in [0, 0.1) is 5.92 Å². The smallest absolute Gasteiger partial charge is 0.396 e. The first-order valence-electron chi connectivity index (χ1n) is 5.06. The van der Waals surface area contributed by atoms with Crippen LogP contribution >= 0.6 is 0 Å². The summed E-state index contributed by atoms with van der Waals surface area (Å²) in [6, 6.07) is 0.120. The first kappa shape index (κ1) is 11.0. The zero-order chi connectivity index (χ0) is 10.6. The molecule has 1 fully saturated rings. The van der Waals surface area contributed by atoms with Gasteiger partial charge < -0.3 is 10.1 Å². The Hall–Kier alpha value is -1.06. The van der Waals surface area contributed by atoms with Gasteiger partial charge in [-0.05, 0) is 18.8 Å². The fourth-order valence-corrected chi connectivity index (χ4v) is 1.42. The van der Waals surface area contributed by atoms with Gasteiger partial charge in [0, 0.05) is 6.04 Å². The third-order valence-electron chi connectivity index (χ3n) is 2.51. The lowest BCUT2D eigenvalue weighted by Crippen LogP contribution is -2.39. The summed E-state index contributed by atoms with van der Waals surface area (Å²) in [5.41, 5.74) is 0. The van der Waals surface area contributed by atoms with E-state index in [4.69, 9.17) is 0 Å². The second-order valence-electron chi connectivity index (χ2n) is 3.75. The van der Waals surface area contributed by atoms with Crippen LogP contribution in [-0.2, 0) is 14.3 Å². The minimum absolute atomic E-state index is 0.120. The number of nitrogens with one attached hydrogen (secondary N) is 1. The third kappa shape index (κ3) is 3.36. The molecule has 1 unspecified atom stereocenters. The fraction of sp³-hybridized carbons (Fsp3) is 0.800. The van der Waals surface area contributed by atoms with Gasteiger partial charge in [0.25, 0.3) is 0 Å². The summed E-state index contributed by atoms with van der Waals surface area (Å²) in [6.45, 7) is 2.00. The van der Waals surface area contributed by atoms with E-state index in [2.05, 4.69) is 10.1 Å². The maximum atomic E-state index is 11.2. The molecule has 1 atom stereocenters. The summed E-state index contributed by atoms with van der Waals surface area (Å²) < 4.78 is 4.33. The largest absolute Gasteiger partial charge is 0.462 e. The highest BCUT2D eigenvalue weighted by molar-refractivity contribution is 6.32. The monoisotopic (exact) mass is 199 g/mol. The van der Waals surface area contributed by atoms with Crippen LogP contribution in [0.15, 0.2) is 0 Å². The lowest BCUT2D eigenvalue weighted by Gasteiger charge is -2.15. The van der Waals surface area contributed by atoms with E-state index in [0.717, 1.165) is 18.8 Å². The number of hydrogen-bond donors (Lipinski definition) is 1. The van der Waals surface area contributed by atoms with E-state index in [1.807, 2.05) is 6.92 Å². The highest BCUT2D eigenvalue weighted by Crippen LogP contribution is 2.33. The van der Waals surface area contributed by atoms with Gasteiger partial charge in [0.15, 0.2) is 0 Å². The van der Waals surface area contributed by atoms with Gasteiger partial charge in [0.2, 0.25) is 0 Å². The number of rotatable bonds is 4. The van der Waals surface area contributed by atoms with Crippen LogP contribution < -0.4 is 5.32 Å². The summed E-state index contributed by atoms with van der Waals surface area (Å²) >= 11 is 0. The van der Waals surface area contributed by atoms with Gasteiger partial charge >= 0.3 is 11.9 Å². The van der Waals surface area contributed by atoms with E-state index in [1.54, 1.807) is 0 Å². The lowest BCUT2D eigenvalue weighted by atomic mass is 10.1. The number of ether oxygens (including phenoxy) is 1. The Bertz CT molecular complexity index is 223. The Balaban J connectivity index is 2.30. The van der Waals surface area contributed by atoms with Crippen LogP contribution in [0.3, 0.4) is 0 Å². The topological polar surface area (TPSA) is 55.4 Å². The maximum Gasteiger partial charge on any atom is 0.396 e. The summed E-state index contributed by atoms with van der Waals surface area (Å²) in [6.07, 6.45) is 4.35. The first-order valence-corrected chi connectivity index (χ1v) is 5.06. The predicted octanol–water partition coefficient (Wildman–Crippen LogP) is 0.854. The van der Waals surface area contributed by atoms with Gasteiger partial charge in [-0.2, -0.15) is 0 Å². The molecule has 0 aromatic carbocycles. The van der Waals surface area contributed by atoms with Crippen molar-refractivity contribution in [2.45, 2.75) is 38.6 Å². The van der Waals surface area contributed by atoms with Crippen LogP contribution in [0.25, 0.3) is 0 Å². The van der Waals surface area contributed by atoms with E-state index in [9.17, 15) is 9.59 Å². The van der Waals surface area contributed by atoms with Crippen LogP contribution in [-0.4, -0.2) is 25.0 Å². The molecule has 0 saturated heterocycles. The second kappa shape index (κ2) is 4.98. The Kier molecular flexibility index (Phi) is 3.92. The molecule has 0 radical (unpaired) electrons. The molecule has 0 aromatic rings. The number of amides is 1. The number of carbonyl (C=O) groups excluding carboxylic acids is 2. The molecule has 1 aliphatic rings. The van der Waals surface area contributed by atoms with Gasteiger partial charge in [0.05, 0.1) is 7.11 Å². The molecule has 1 aliphatic carbocycles. The molecule has 1 rings (SSSR count). The number of methoxy groups -OCH3 is 1. The van der Waals surface area contributed by atoms with E-state index < -0.39 is 11.9 Å². The summed E-state index contributed by atoms with van der Waals surface area (Å²) in [5, 5.41) is 2.68. The van der Waals surface area contributed by atoms with Crippen molar-refractivity contribution in [2.75, 3.05) is 7.11 Å². The Morgan fingerprint density at radius 2 is 2.14 bits per heavy atom. The van der Waals surface area contributed by atoms with Gasteiger partial charge in [-0.15, -0.1) is 0 Å². The van der Waals surface area contributed by atoms with Gasteiger partial charge in [-0.3, -0.25) is 4.79 Å². The number of esters is 1. The molecule has 4 heteroatoms. The molecule has 1 saturated carbocycles. The second-order valence-corrected chi connectivity index (χ2v) is 3.75. The van der Waals surface area contributed by atoms with Gasteiger partial charge in [-0.1, -0.05) is 19.8 Å². The molecular weight excluding hydrogens is 182 g/mol. The molecule has 1 amide bonds. The molecule has 80 valence electrons. The standard InChI is InChI=1S/C10H17NO3/c1-3-8(6-7-4-5-7)11-9(12)10(13)14-2/h7-8H,3-6H2,1-2H3,(H,11,12). The van der Waals surface area contributed by atoms with E-state index in [1.165, 1.54) is 20.0 Å². The average molecular weight is 199 g/mol. The van der Waals surface area contributed by atoms with Crippen molar-refractivity contribution in [1.82, 2.24) is 5.32 Å². The Morgan fingerprint density at radius 3 is 2.57 bits per heavy atom. The van der Waals surface area contributed by atoms with Crippen LogP contribution in [0.5, 0.6) is 0 Å². The zero-order valence-corrected chi connectivity index (χ0v) is 8.71. The highest BCUT2D eigenvalue weighted by atomic mass is 16.5. The summed E-state index contributed by atoms with van der Waals surface area (Å²) in [5.74, 6) is -0.683. The normalized spacial score (nSPS) is 17.3. The fourth-order valence-electron chi connectivity index (χ4n) is 1.42. The van der Waals surface area contributed by atoms with Gasteiger partial charge in [-0.25, -0.2) is 4.79 Å². The minimum atomic E-state index is -0.806. The first-order chi connectivity index (χ1) is 6.67. The molecule has 4 nitrogen and oxygen atoms in total. The number of hydrogen-bond acceptors (Lipinski definition) is 3. The van der Waals surface area contributed by atoms with Crippen molar-refractivity contribution in [2.24, 2.45) is 5.92 Å². The molecule has 1 N–H and O–H groups in total. The molecule has 0 heterocycles. The molecule has 0 bridgehead atoms. The summed E-state index contributed by atoms with van der Waals surface area (Å²) in [4.78, 5) is 22.0. The zero-order valence-electron chi connectivity index (χ0n) is 8.71. The lowest BCUT2D eigenvalue weighted by molar-refractivity contribution is -0.153. The minimum Gasteiger partial charge on any atom is -0.462 e. The van der Waals surface area contributed by atoms with E-state index in [-0.39, 0.29) is 6.04 Å². The van der Waals surface area contributed by atoms with Crippen LogP contribution in [0.4, 0.5) is 0 Å². The predicted molar refractivity (Wildman–Crippen MR) is 51.6 cm³/mol. The van der Waals surface area contributed by atoms with Crippen molar-refractivity contribution >= 4 is 11.9 Å². The van der Waals surface area contributed by atoms with Crippen molar-refractivity contribution in [3.05, 3.63) is 0 Å². The van der Waals surface area contributed by atoms with Gasteiger partial charge in [0.1, 0.15) is 0 Å². The summed E-state index contributed by atoms with van der Waals surface area (Å²) in [7, 11) is 1.21. The average Bonchev–Trinajstić information content (AvgIpc) is 2.99. The van der Waals surface area contributed by atoms with Crippen LogP contribution in [0.2, 0.25) is 0 Å². The Morgan fingerprint density at radius 1 is 1.50 bits per heavy atom. The molecule has 0 spiro atoms. The van der Waals surface area contributed by atoms with Crippen molar-refractivity contribution in [3.8, 4) is 0 Å². The van der Waals surface area contributed by atoms with Crippen molar-refractivity contribution in [1.29, 1.82) is 0 Å². The van der Waals surface area contributed by atoms with E-state index >= 15 is 0 Å². The molecule has 14 heavy (non-hydrogen) atoms. The number of carbonyl (C=O) groups is 2. The van der Waals surface area contributed by atoms with E-state index in [0.29, 0.717) is 0 Å². The van der Waals surface area contributed by atoms with Crippen molar-refractivity contribution in [3.63, 3.8) is 0 Å². The Labute approximate surface area is 84.0 Å². The SMILES string of the molecule is CCC(CC1CC1)NC(=O)C(=O)OC. The molecular formula is C10H17NO3. The molecule has 0 aliphatic heterocycles. The third-order valence-corrected chi connectivity index (χ3v) is 2.51. The van der Waals surface area contributed by atoms with Crippen molar-refractivity contribution < 1.29 is 14.3 Å². The molecule has 0 aromatic heterocycles. The highest BCUT2D eigenvalue weighted by Gasteiger charge is 2.26. The quantitative estimate of drug-likeness (QED) is 0.539. The van der Waals surface area contributed by atoms with Crippen LogP contribution in [0.1, 0.15) is 32.6 Å².